The van der Waals surface area contributed by atoms with Crippen molar-refractivity contribution in [2.75, 3.05) is 6.26 Å². The van der Waals surface area contributed by atoms with Crippen LogP contribution >= 0.6 is 0 Å². The van der Waals surface area contributed by atoms with Crippen LogP contribution in [-0.4, -0.2) is 19.2 Å². The Kier molecular flexibility index (Phi) is 2.68. The quantitative estimate of drug-likeness (QED) is 0.815. The number of para-hydroxylation sites is 1. The van der Waals surface area contributed by atoms with Crippen molar-refractivity contribution < 1.29 is 8.42 Å². The van der Waals surface area contributed by atoms with Gasteiger partial charge in [0.15, 0.2) is 9.84 Å². The van der Waals surface area contributed by atoms with E-state index in [1.807, 2.05) is 18.2 Å². The third kappa shape index (κ3) is 1.81. The van der Waals surface area contributed by atoms with Crippen LogP contribution in [0.25, 0.3) is 10.9 Å². The molecule has 88 valence electrons. The van der Waals surface area contributed by atoms with Crippen LogP contribution in [0.2, 0.25) is 0 Å². The zero-order chi connectivity index (χ0) is 12.6. The second-order valence-corrected chi connectivity index (χ2v) is 5.90. The Labute approximate surface area is 100 Å². The van der Waals surface area contributed by atoms with Gasteiger partial charge in [-0.2, -0.15) is 5.26 Å². The summed E-state index contributed by atoms with van der Waals surface area (Å²) in [7, 11) is -3.29. The largest absolute Gasteiger partial charge is 0.330 e. The number of sulfone groups is 1. The molecule has 0 unspecified atom stereocenters. The highest BCUT2D eigenvalue weighted by Gasteiger charge is 2.20. The van der Waals surface area contributed by atoms with Crippen LogP contribution in [0, 0.1) is 18.3 Å². The van der Waals surface area contributed by atoms with Crippen LogP contribution in [-0.2, 0) is 16.4 Å². The van der Waals surface area contributed by atoms with E-state index in [0.717, 1.165) is 5.52 Å². The van der Waals surface area contributed by atoms with Gasteiger partial charge in [0.2, 0.25) is 0 Å². The normalized spacial score (nSPS) is 11.6. The first kappa shape index (κ1) is 11.7. The molecule has 2 aromatic rings. The molecular formula is C12H12N2O2S. The molecule has 0 N–H and O–H groups in total. The molecule has 1 aromatic carbocycles. The number of fused-ring (bicyclic) bond motifs is 1. The van der Waals surface area contributed by atoms with Gasteiger partial charge in [0.1, 0.15) is 6.54 Å². The summed E-state index contributed by atoms with van der Waals surface area (Å²) in [5.74, 6) is 0. The summed E-state index contributed by atoms with van der Waals surface area (Å²) >= 11 is 0. The smallest absolute Gasteiger partial charge is 0.177 e. The van der Waals surface area contributed by atoms with Gasteiger partial charge in [-0.15, -0.1) is 0 Å². The van der Waals surface area contributed by atoms with E-state index < -0.39 is 9.84 Å². The maximum Gasteiger partial charge on any atom is 0.177 e. The summed E-state index contributed by atoms with van der Waals surface area (Å²) < 4.78 is 25.3. The molecule has 0 amide bonds. The van der Waals surface area contributed by atoms with Crippen molar-refractivity contribution in [2.24, 2.45) is 0 Å². The molecule has 0 spiro atoms. The lowest BCUT2D eigenvalue weighted by Crippen LogP contribution is -2.02. The fourth-order valence-corrected chi connectivity index (χ4v) is 3.36. The van der Waals surface area contributed by atoms with Crippen LogP contribution in [0.1, 0.15) is 5.69 Å². The van der Waals surface area contributed by atoms with Crippen LogP contribution in [0.4, 0.5) is 0 Å². The molecule has 0 fully saturated rings. The zero-order valence-electron chi connectivity index (χ0n) is 9.64. The number of nitriles is 1. The highest BCUT2D eigenvalue weighted by Crippen LogP contribution is 2.29. The summed E-state index contributed by atoms with van der Waals surface area (Å²) in [6.07, 6.45) is 1.19. The molecule has 0 bridgehead atoms. The van der Waals surface area contributed by atoms with Crippen LogP contribution in [0.15, 0.2) is 29.2 Å². The molecule has 1 heterocycles. The van der Waals surface area contributed by atoms with E-state index >= 15 is 0 Å². The van der Waals surface area contributed by atoms with Gasteiger partial charge in [-0.1, -0.05) is 18.2 Å². The molecule has 2 rings (SSSR count). The van der Waals surface area contributed by atoms with E-state index in [2.05, 4.69) is 0 Å². The number of benzene rings is 1. The maximum atomic E-state index is 11.8. The minimum Gasteiger partial charge on any atom is -0.330 e. The highest BCUT2D eigenvalue weighted by molar-refractivity contribution is 7.91. The van der Waals surface area contributed by atoms with Crippen molar-refractivity contribution in [1.82, 2.24) is 4.57 Å². The Hall–Kier alpha value is -1.80. The molecule has 4 nitrogen and oxygen atoms in total. The fraction of sp³-hybridized carbons (Fsp3) is 0.250. The summed E-state index contributed by atoms with van der Waals surface area (Å²) in [6, 6.07) is 9.28. The molecular weight excluding hydrogens is 236 g/mol. The van der Waals surface area contributed by atoms with Gasteiger partial charge in [-0.05, 0) is 13.0 Å². The van der Waals surface area contributed by atoms with Crippen LogP contribution in [0.5, 0.6) is 0 Å². The molecule has 0 aliphatic rings. The molecule has 0 aliphatic carbocycles. The predicted octanol–water partition coefficient (Wildman–Crippen LogP) is 1.88. The highest BCUT2D eigenvalue weighted by atomic mass is 32.2. The summed E-state index contributed by atoms with van der Waals surface area (Å²) in [4.78, 5) is 0.323. The van der Waals surface area contributed by atoms with E-state index in [0.29, 0.717) is 16.0 Å². The molecule has 0 saturated carbocycles. The van der Waals surface area contributed by atoms with Crippen molar-refractivity contribution >= 4 is 20.7 Å². The van der Waals surface area contributed by atoms with Gasteiger partial charge in [-0.25, -0.2) is 8.42 Å². The Bertz CT molecular complexity index is 721. The minimum absolute atomic E-state index is 0.155. The Morgan fingerprint density at radius 1 is 1.35 bits per heavy atom. The first-order valence-electron chi connectivity index (χ1n) is 5.11. The van der Waals surface area contributed by atoms with Crippen molar-refractivity contribution in [2.45, 2.75) is 18.4 Å². The second-order valence-electron chi connectivity index (χ2n) is 3.95. The third-order valence-electron chi connectivity index (χ3n) is 2.77. The lowest BCUT2D eigenvalue weighted by atomic mass is 10.2. The van der Waals surface area contributed by atoms with Crippen molar-refractivity contribution in [1.29, 1.82) is 5.26 Å². The van der Waals surface area contributed by atoms with Crippen molar-refractivity contribution in [3.8, 4) is 6.07 Å². The third-order valence-corrected chi connectivity index (χ3v) is 4.03. The van der Waals surface area contributed by atoms with E-state index in [4.69, 9.17) is 5.26 Å². The number of rotatable bonds is 2. The average Bonchev–Trinajstić information content (AvgIpc) is 2.52. The van der Waals surface area contributed by atoms with Gasteiger partial charge in [-0.3, -0.25) is 0 Å². The standard InChI is InChI=1S/C12H12N2O2S/c1-9-12(17(2,15)16)10-5-3-4-6-11(10)14(9)8-7-13/h3-6H,8H2,1-2H3. The summed E-state index contributed by atoms with van der Waals surface area (Å²) in [6.45, 7) is 1.88. The van der Waals surface area contributed by atoms with E-state index in [-0.39, 0.29) is 6.54 Å². The number of hydrogen-bond donors (Lipinski definition) is 0. The maximum absolute atomic E-state index is 11.8. The molecule has 0 radical (unpaired) electrons. The second kappa shape index (κ2) is 3.90. The number of hydrogen-bond acceptors (Lipinski definition) is 3. The Balaban J connectivity index is 2.96. The fourth-order valence-electron chi connectivity index (χ4n) is 2.14. The number of aromatic nitrogens is 1. The van der Waals surface area contributed by atoms with Gasteiger partial charge in [0.05, 0.1) is 16.5 Å². The first-order valence-corrected chi connectivity index (χ1v) is 7.01. The lowest BCUT2D eigenvalue weighted by Gasteiger charge is -2.02. The Morgan fingerprint density at radius 3 is 2.59 bits per heavy atom. The van der Waals surface area contributed by atoms with E-state index in [1.54, 1.807) is 23.6 Å². The van der Waals surface area contributed by atoms with Gasteiger partial charge in [0, 0.05) is 17.3 Å². The molecule has 0 aliphatic heterocycles. The van der Waals surface area contributed by atoms with Gasteiger partial charge < -0.3 is 4.57 Å². The topological polar surface area (TPSA) is 62.9 Å². The number of nitrogens with zero attached hydrogens (tertiary/aromatic N) is 2. The molecule has 17 heavy (non-hydrogen) atoms. The zero-order valence-corrected chi connectivity index (χ0v) is 10.5. The van der Waals surface area contributed by atoms with E-state index in [9.17, 15) is 8.42 Å². The van der Waals surface area contributed by atoms with Crippen molar-refractivity contribution in [3.63, 3.8) is 0 Å². The van der Waals surface area contributed by atoms with Gasteiger partial charge >= 0.3 is 0 Å². The van der Waals surface area contributed by atoms with Gasteiger partial charge in [0.25, 0.3) is 0 Å². The summed E-state index contributed by atoms with van der Waals surface area (Å²) in [5, 5.41) is 9.48. The summed E-state index contributed by atoms with van der Waals surface area (Å²) in [5.41, 5.74) is 1.40. The Morgan fingerprint density at radius 2 is 2.00 bits per heavy atom. The molecule has 0 atom stereocenters. The predicted molar refractivity (Wildman–Crippen MR) is 65.4 cm³/mol. The first-order chi connectivity index (χ1) is 7.96. The molecule has 1 aromatic heterocycles. The van der Waals surface area contributed by atoms with Crippen LogP contribution < -0.4 is 0 Å². The lowest BCUT2D eigenvalue weighted by molar-refractivity contribution is 0.601. The monoisotopic (exact) mass is 248 g/mol. The molecule has 5 heteroatoms. The van der Waals surface area contributed by atoms with Crippen LogP contribution in [0.3, 0.4) is 0 Å². The molecule has 0 saturated heterocycles. The average molecular weight is 248 g/mol. The minimum atomic E-state index is -3.29. The van der Waals surface area contributed by atoms with E-state index in [1.165, 1.54) is 6.26 Å². The van der Waals surface area contributed by atoms with Crippen molar-refractivity contribution in [3.05, 3.63) is 30.0 Å². The SMILES string of the molecule is Cc1c(S(C)(=O)=O)c2ccccc2n1CC#N.